The molecule has 5 rings (SSSR count). The van der Waals surface area contributed by atoms with E-state index in [1.807, 2.05) is 30.3 Å². The topological polar surface area (TPSA) is 89.2 Å². The summed E-state index contributed by atoms with van der Waals surface area (Å²) in [6, 6.07) is 14.4. The Morgan fingerprint density at radius 3 is 2.73 bits per heavy atom. The molecule has 0 atom stereocenters. The molecule has 10 heteroatoms. The normalized spacial score (nSPS) is 14.7. The molecule has 0 spiro atoms. The second kappa shape index (κ2) is 7.66. The fourth-order valence-electron chi connectivity index (χ4n) is 3.47. The van der Waals surface area contributed by atoms with E-state index in [2.05, 4.69) is 15.3 Å². The molecule has 0 fully saturated rings. The van der Waals surface area contributed by atoms with E-state index in [0.29, 0.717) is 23.5 Å². The van der Waals surface area contributed by atoms with Crippen molar-refractivity contribution in [3.63, 3.8) is 0 Å². The first-order chi connectivity index (χ1) is 14.5. The molecular formula is C20H15ClN4O3S2. The number of nitrogens with zero attached hydrogens (tertiary/aromatic N) is 4. The highest BCUT2D eigenvalue weighted by atomic mass is 35.5. The number of halogens is 1. The zero-order valence-electron chi connectivity index (χ0n) is 15.5. The minimum absolute atomic E-state index is 0.0848. The minimum Gasteiger partial charge on any atom is -0.250 e. The Bertz CT molecular complexity index is 1340. The van der Waals surface area contributed by atoms with Crippen LogP contribution in [0.5, 0.6) is 0 Å². The van der Waals surface area contributed by atoms with E-state index in [1.54, 1.807) is 24.4 Å². The quantitative estimate of drug-likeness (QED) is 0.453. The highest BCUT2D eigenvalue weighted by Crippen LogP contribution is 2.35. The minimum atomic E-state index is -3.79. The van der Waals surface area contributed by atoms with Crippen LogP contribution in [0.3, 0.4) is 0 Å². The molecule has 2 aromatic carbocycles. The number of aromatic nitrogens is 3. The van der Waals surface area contributed by atoms with Gasteiger partial charge in [-0.1, -0.05) is 35.5 Å². The third kappa shape index (κ3) is 3.47. The van der Waals surface area contributed by atoms with Crippen LogP contribution in [0, 0.1) is 0 Å². The molecule has 4 aromatic rings. The molecule has 0 N–H and O–H groups in total. The molecule has 7 nitrogen and oxygen atoms in total. The standard InChI is InChI=1S/C20H15ClN4O3S2/c21-15-5-4-14-12-25(10-8-13(14)11-15)30(26,27)17-7-6-16(19-20(17)24-28-23-19)29-18-3-1-2-9-22-18/h1-7,9,11H,8,10,12H2. The van der Waals surface area contributed by atoms with Crippen LogP contribution in [0.2, 0.25) is 5.02 Å². The zero-order valence-corrected chi connectivity index (χ0v) is 17.9. The molecule has 1 aliphatic heterocycles. The SMILES string of the molecule is O=S(=O)(c1ccc(Sc2ccccn2)c2nonc12)N1CCc2cc(Cl)ccc2C1. The van der Waals surface area contributed by atoms with Crippen LogP contribution in [0.15, 0.2) is 74.2 Å². The van der Waals surface area contributed by atoms with E-state index in [1.165, 1.54) is 16.1 Å². The van der Waals surface area contributed by atoms with Gasteiger partial charge in [0, 0.05) is 29.2 Å². The molecule has 30 heavy (non-hydrogen) atoms. The Kier molecular flexibility index (Phi) is 4.98. The van der Waals surface area contributed by atoms with Gasteiger partial charge >= 0.3 is 0 Å². The molecule has 0 radical (unpaired) electrons. The number of hydrogen-bond donors (Lipinski definition) is 0. The molecule has 0 saturated carbocycles. The summed E-state index contributed by atoms with van der Waals surface area (Å²) in [5, 5.41) is 9.26. The lowest BCUT2D eigenvalue weighted by Crippen LogP contribution is -2.36. The Balaban J connectivity index is 1.51. The van der Waals surface area contributed by atoms with Crippen molar-refractivity contribution in [1.29, 1.82) is 0 Å². The first-order valence-electron chi connectivity index (χ1n) is 9.14. The first kappa shape index (κ1) is 19.5. The number of rotatable bonds is 4. The third-order valence-electron chi connectivity index (χ3n) is 4.96. The fourth-order valence-corrected chi connectivity index (χ4v) is 6.06. The van der Waals surface area contributed by atoms with Crippen molar-refractivity contribution >= 4 is 44.4 Å². The van der Waals surface area contributed by atoms with Crippen LogP contribution in [-0.2, 0) is 23.0 Å². The van der Waals surface area contributed by atoms with Crippen molar-refractivity contribution in [3.05, 3.63) is 70.9 Å². The predicted octanol–water partition coefficient (Wildman–Crippen LogP) is 4.17. The van der Waals surface area contributed by atoms with Gasteiger partial charge in [0.25, 0.3) is 0 Å². The first-order valence-corrected chi connectivity index (χ1v) is 11.8. The van der Waals surface area contributed by atoms with Gasteiger partial charge in [-0.15, -0.1) is 0 Å². The predicted molar refractivity (Wildman–Crippen MR) is 113 cm³/mol. The molecule has 0 bridgehead atoms. The molecule has 3 heterocycles. The van der Waals surface area contributed by atoms with E-state index < -0.39 is 10.0 Å². The summed E-state index contributed by atoms with van der Waals surface area (Å²) in [5.74, 6) is 0. The van der Waals surface area contributed by atoms with Gasteiger partial charge in [-0.05, 0) is 64.3 Å². The van der Waals surface area contributed by atoms with Gasteiger partial charge in [0.1, 0.15) is 9.92 Å². The zero-order chi connectivity index (χ0) is 20.7. The lowest BCUT2D eigenvalue weighted by atomic mass is 10.0. The highest BCUT2D eigenvalue weighted by Gasteiger charge is 2.31. The van der Waals surface area contributed by atoms with E-state index in [4.69, 9.17) is 16.2 Å². The molecule has 0 aliphatic carbocycles. The molecule has 0 unspecified atom stereocenters. The average Bonchev–Trinajstić information content (AvgIpc) is 3.24. The van der Waals surface area contributed by atoms with Crippen LogP contribution in [-0.4, -0.2) is 34.6 Å². The van der Waals surface area contributed by atoms with Crippen LogP contribution < -0.4 is 0 Å². The largest absolute Gasteiger partial charge is 0.250 e. The van der Waals surface area contributed by atoms with Crippen LogP contribution in [0.1, 0.15) is 11.1 Å². The molecule has 1 aliphatic rings. The molecule has 0 amide bonds. The number of pyridine rings is 1. The molecule has 152 valence electrons. The Labute approximate surface area is 182 Å². The van der Waals surface area contributed by atoms with Crippen molar-refractivity contribution in [3.8, 4) is 0 Å². The Morgan fingerprint density at radius 2 is 1.90 bits per heavy atom. The summed E-state index contributed by atoms with van der Waals surface area (Å²) in [6.45, 7) is 0.652. The molecule has 0 saturated heterocycles. The number of hydrogen-bond acceptors (Lipinski definition) is 7. The van der Waals surface area contributed by atoms with E-state index in [9.17, 15) is 8.42 Å². The summed E-state index contributed by atoms with van der Waals surface area (Å²) in [7, 11) is -3.79. The summed E-state index contributed by atoms with van der Waals surface area (Å²) in [4.78, 5) is 5.09. The van der Waals surface area contributed by atoms with E-state index in [0.717, 1.165) is 21.0 Å². The number of benzene rings is 2. The molecular weight excluding hydrogens is 444 g/mol. The average molecular weight is 459 g/mol. The van der Waals surface area contributed by atoms with Crippen molar-refractivity contribution in [1.82, 2.24) is 19.6 Å². The lowest BCUT2D eigenvalue weighted by molar-refractivity contribution is 0.314. The van der Waals surface area contributed by atoms with Crippen molar-refractivity contribution in [2.45, 2.75) is 27.8 Å². The maximum absolute atomic E-state index is 13.4. The summed E-state index contributed by atoms with van der Waals surface area (Å²) >= 11 is 7.43. The second-order valence-electron chi connectivity index (χ2n) is 6.79. The van der Waals surface area contributed by atoms with Gasteiger partial charge in [-0.2, -0.15) is 4.31 Å². The monoisotopic (exact) mass is 458 g/mol. The highest BCUT2D eigenvalue weighted by molar-refractivity contribution is 7.99. The second-order valence-corrected chi connectivity index (χ2v) is 10.2. The Morgan fingerprint density at radius 1 is 1.03 bits per heavy atom. The van der Waals surface area contributed by atoms with Crippen molar-refractivity contribution in [2.24, 2.45) is 0 Å². The summed E-state index contributed by atoms with van der Waals surface area (Å²) in [5.41, 5.74) is 2.64. The van der Waals surface area contributed by atoms with Crippen LogP contribution in [0.4, 0.5) is 0 Å². The van der Waals surface area contributed by atoms with Crippen LogP contribution >= 0.6 is 23.4 Å². The van der Waals surface area contributed by atoms with E-state index >= 15 is 0 Å². The summed E-state index contributed by atoms with van der Waals surface area (Å²) < 4.78 is 33.2. The van der Waals surface area contributed by atoms with Gasteiger partial charge in [-0.25, -0.2) is 18.0 Å². The van der Waals surface area contributed by atoms with Crippen LogP contribution in [0.25, 0.3) is 11.0 Å². The van der Waals surface area contributed by atoms with Gasteiger partial charge in [-0.3, -0.25) is 0 Å². The van der Waals surface area contributed by atoms with Gasteiger partial charge in [0.2, 0.25) is 10.0 Å². The van der Waals surface area contributed by atoms with Gasteiger partial charge in [0.15, 0.2) is 11.0 Å². The van der Waals surface area contributed by atoms with Crippen molar-refractivity contribution in [2.75, 3.05) is 6.54 Å². The van der Waals surface area contributed by atoms with Gasteiger partial charge in [0.05, 0.1) is 0 Å². The fraction of sp³-hybridized carbons (Fsp3) is 0.150. The third-order valence-corrected chi connectivity index (χ3v) is 8.07. The smallest absolute Gasteiger partial charge is 0.245 e. The number of sulfonamides is 1. The Hall–Kier alpha value is -2.46. The van der Waals surface area contributed by atoms with Gasteiger partial charge < -0.3 is 0 Å². The maximum Gasteiger partial charge on any atom is 0.245 e. The summed E-state index contributed by atoms with van der Waals surface area (Å²) in [6.07, 6.45) is 2.30. The molecule has 2 aromatic heterocycles. The van der Waals surface area contributed by atoms with E-state index in [-0.39, 0.29) is 17.0 Å². The number of fused-ring (bicyclic) bond motifs is 2. The van der Waals surface area contributed by atoms with Crippen molar-refractivity contribution < 1.29 is 13.0 Å². The maximum atomic E-state index is 13.4. The lowest BCUT2D eigenvalue weighted by Gasteiger charge is -2.28.